The van der Waals surface area contributed by atoms with Crippen molar-refractivity contribution in [2.24, 2.45) is 11.8 Å². The number of benzene rings is 1. The first-order chi connectivity index (χ1) is 9.20. The molecule has 0 saturated heterocycles. The highest BCUT2D eigenvalue weighted by atomic mass is 16.4. The van der Waals surface area contributed by atoms with Gasteiger partial charge in [-0.05, 0) is 38.2 Å². The molecule has 100 valence electrons. The molecule has 1 fully saturated rings. The van der Waals surface area contributed by atoms with Crippen molar-refractivity contribution in [2.75, 3.05) is 0 Å². The van der Waals surface area contributed by atoms with Gasteiger partial charge in [0, 0.05) is 11.9 Å². The molecule has 2 atom stereocenters. The van der Waals surface area contributed by atoms with E-state index in [1.54, 1.807) is 0 Å². The zero-order valence-corrected chi connectivity index (χ0v) is 11.0. The van der Waals surface area contributed by atoms with Crippen molar-refractivity contribution in [1.82, 2.24) is 9.78 Å². The fraction of sp³-hybridized carbons (Fsp3) is 0.467. The third-order valence-electron chi connectivity index (χ3n) is 4.22. The third kappa shape index (κ3) is 2.01. The van der Waals surface area contributed by atoms with Crippen molar-refractivity contribution in [3.63, 3.8) is 0 Å². The molecular formula is C15H18N2O2. The van der Waals surface area contributed by atoms with E-state index in [2.05, 4.69) is 24.2 Å². The second-order valence-electron chi connectivity index (χ2n) is 5.27. The van der Waals surface area contributed by atoms with Gasteiger partial charge in [0.2, 0.25) is 0 Å². The normalized spacial score (nSPS) is 22.4. The van der Waals surface area contributed by atoms with Crippen LogP contribution < -0.4 is 0 Å². The van der Waals surface area contributed by atoms with Gasteiger partial charge < -0.3 is 5.11 Å². The first-order valence-corrected chi connectivity index (χ1v) is 6.88. The lowest BCUT2D eigenvalue weighted by Gasteiger charge is -2.32. The van der Waals surface area contributed by atoms with Crippen LogP contribution in [0.2, 0.25) is 0 Å². The predicted molar refractivity (Wildman–Crippen MR) is 73.0 cm³/mol. The van der Waals surface area contributed by atoms with Gasteiger partial charge in [0.05, 0.1) is 17.1 Å². The van der Waals surface area contributed by atoms with Gasteiger partial charge in [-0.3, -0.25) is 9.48 Å². The minimum atomic E-state index is -0.657. The van der Waals surface area contributed by atoms with Crippen LogP contribution in [0.4, 0.5) is 0 Å². The highest BCUT2D eigenvalue weighted by molar-refractivity contribution is 5.82. The van der Waals surface area contributed by atoms with Gasteiger partial charge in [0.15, 0.2) is 0 Å². The van der Waals surface area contributed by atoms with Crippen LogP contribution in [0.15, 0.2) is 24.3 Å². The number of para-hydroxylation sites is 1. The van der Waals surface area contributed by atoms with Gasteiger partial charge in [-0.15, -0.1) is 0 Å². The molecule has 0 spiro atoms. The third-order valence-corrected chi connectivity index (χ3v) is 4.22. The summed E-state index contributed by atoms with van der Waals surface area (Å²) in [7, 11) is 0. The van der Waals surface area contributed by atoms with Gasteiger partial charge in [-0.25, -0.2) is 0 Å². The van der Waals surface area contributed by atoms with Crippen LogP contribution in [0, 0.1) is 11.8 Å². The molecule has 1 saturated carbocycles. The van der Waals surface area contributed by atoms with Gasteiger partial charge >= 0.3 is 5.97 Å². The molecule has 1 aromatic heterocycles. The van der Waals surface area contributed by atoms with Crippen molar-refractivity contribution in [1.29, 1.82) is 0 Å². The van der Waals surface area contributed by atoms with Crippen LogP contribution in [-0.4, -0.2) is 20.9 Å². The summed E-state index contributed by atoms with van der Waals surface area (Å²) < 4.78 is 2.00. The molecule has 4 nitrogen and oxygen atoms in total. The van der Waals surface area contributed by atoms with Crippen molar-refractivity contribution >= 4 is 16.9 Å². The number of hydrogen-bond acceptors (Lipinski definition) is 2. The molecule has 2 unspecified atom stereocenters. The predicted octanol–water partition coefficient (Wildman–Crippen LogP) is 2.71. The number of aliphatic carboxylic acids is 1. The Morgan fingerprint density at radius 2 is 2.21 bits per heavy atom. The number of aromatic nitrogens is 2. The van der Waals surface area contributed by atoms with Gasteiger partial charge in [0.25, 0.3) is 0 Å². The number of carbonyl (C=O) groups is 1. The van der Waals surface area contributed by atoms with E-state index < -0.39 is 5.97 Å². The maximum absolute atomic E-state index is 11.1. The second kappa shape index (κ2) is 4.68. The molecule has 1 aliphatic rings. The molecule has 0 radical (unpaired) electrons. The number of aryl methyl sites for hydroxylation is 1. The summed E-state index contributed by atoms with van der Waals surface area (Å²) in [6.45, 7) is 2.92. The molecule has 3 rings (SSSR count). The topological polar surface area (TPSA) is 55.1 Å². The molecule has 1 heterocycles. The summed E-state index contributed by atoms with van der Waals surface area (Å²) in [4.78, 5) is 11.1. The molecule has 0 bridgehead atoms. The van der Waals surface area contributed by atoms with E-state index in [0.29, 0.717) is 0 Å². The number of rotatable bonds is 4. The Hall–Kier alpha value is -1.84. The Morgan fingerprint density at radius 3 is 2.84 bits per heavy atom. The van der Waals surface area contributed by atoms with Crippen molar-refractivity contribution in [2.45, 2.75) is 32.7 Å². The first kappa shape index (κ1) is 12.2. The second-order valence-corrected chi connectivity index (χ2v) is 5.27. The monoisotopic (exact) mass is 258 g/mol. The Bertz CT molecular complexity index is 618. The zero-order chi connectivity index (χ0) is 13.4. The average molecular weight is 258 g/mol. The molecule has 1 aromatic carbocycles. The number of nitrogens with zero attached hydrogens (tertiary/aromatic N) is 2. The summed E-state index contributed by atoms with van der Waals surface area (Å²) in [5, 5.41) is 14.9. The Labute approximate surface area is 112 Å². The number of carboxylic acids is 1. The largest absolute Gasteiger partial charge is 0.481 e. The zero-order valence-electron chi connectivity index (χ0n) is 11.0. The van der Waals surface area contributed by atoms with Gasteiger partial charge in [-0.2, -0.15) is 5.10 Å². The van der Waals surface area contributed by atoms with Crippen LogP contribution in [0.25, 0.3) is 10.9 Å². The number of fused-ring (bicyclic) bond motifs is 1. The highest BCUT2D eigenvalue weighted by Crippen LogP contribution is 2.37. The summed E-state index contributed by atoms with van der Waals surface area (Å²) in [6, 6.07) is 8.19. The Balaban J connectivity index is 1.91. The van der Waals surface area contributed by atoms with Crippen LogP contribution in [0.1, 0.15) is 25.5 Å². The lowest BCUT2D eigenvalue weighted by atomic mass is 9.71. The number of carboxylic acid groups (broad SMARTS) is 1. The van der Waals surface area contributed by atoms with Crippen molar-refractivity contribution in [3.05, 3.63) is 30.0 Å². The maximum atomic E-state index is 11.1. The smallest absolute Gasteiger partial charge is 0.306 e. The summed E-state index contributed by atoms with van der Waals surface area (Å²) in [6.07, 6.45) is 2.60. The summed E-state index contributed by atoms with van der Waals surface area (Å²) >= 11 is 0. The minimum absolute atomic E-state index is 0.175. The molecule has 1 N–H and O–H groups in total. The Kier molecular flexibility index (Phi) is 3.01. The maximum Gasteiger partial charge on any atom is 0.306 e. The lowest BCUT2D eigenvalue weighted by molar-refractivity contribution is -0.147. The van der Waals surface area contributed by atoms with E-state index in [9.17, 15) is 4.79 Å². The van der Waals surface area contributed by atoms with E-state index in [1.165, 1.54) is 5.39 Å². The average Bonchev–Trinajstić information content (AvgIpc) is 2.72. The van der Waals surface area contributed by atoms with Crippen LogP contribution in [0.5, 0.6) is 0 Å². The lowest BCUT2D eigenvalue weighted by Crippen LogP contribution is -2.34. The molecular weight excluding hydrogens is 240 g/mol. The van der Waals surface area contributed by atoms with E-state index in [0.717, 1.165) is 37.0 Å². The van der Waals surface area contributed by atoms with Crippen LogP contribution in [-0.2, 0) is 17.8 Å². The molecule has 19 heavy (non-hydrogen) atoms. The van der Waals surface area contributed by atoms with Crippen molar-refractivity contribution < 1.29 is 9.90 Å². The molecule has 0 aliphatic heterocycles. The van der Waals surface area contributed by atoms with E-state index in [1.807, 2.05) is 16.8 Å². The first-order valence-electron chi connectivity index (χ1n) is 6.88. The summed E-state index contributed by atoms with van der Waals surface area (Å²) in [5.74, 6) is -0.581. The molecule has 2 aromatic rings. The quantitative estimate of drug-likeness (QED) is 0.917. The van der Waals surface area contributed by atoms with E-state index in [-0.39, 0.29) is 11.8 Å². The molecule has 4 heteroatoms. The van der Waals surface area contributed by atoms with E-state index in [4.69, 9.17) is 5.11 Å². The fourth-order valence-corrected chi connectivity index (χ4v) is 2.97. The summed E-state index contributed by atoms with van der Waals surface area (Å²) in [5.41, 5.74) is 2.19. The highest BCUT2D eigenvalue weighted by Gasteiger charge is 2.37. The van der Waals surface area contributed by atoms with Gasteiger partial charge in [0.1, 0.15) is 0 Å². The van der Waals surface area contributed by atoms with Gasteiger partial charge in [-0.1, -0.05) is 18.2 Å². The molecule has 0 amide bonds. The molecule has 1 aliphatic carbocycles. The van der Waals surface area contributed by atoms with Crippen LogP contribution in [0.3, 0.4) is 0 Å². The number of hydrogen-bond donors (Lipinski definition) is 1. The fourth-order valence-electron chi connectivity index (χ4n) is 2.97. The Morgan fingerprint density at radius 1 is 1.42 bits per heavy atom. The minimum Gasteiger partial charge on any atom is -0.481 e. The van der Waals surface area contributed by atoms with Crippen LogP contribution >= 0.6 is 0 Å². The van der Waals surface area contributed by atoms with E-state index >= 15 is 0 Å². The SMILES string of the molecule is CCn1nc(CC2CCC2C(=O)O)c2ccccc21. The van der Waals surface area contributed by atoms with Crippen molar-refractivity contribution in [3.8, 4) is 0 Å². The standard InChI is InChI=1S/C15H18N2O2/c1-2-17-14-6-4-3-5-12(14)13(16-17)9-10-7-8-11(10)15(18)19/h3-6,10-11H,2,7-9H2,1H3,(H,18,19).